The number of amides is 1. The van der Waals surface area contributed by atoms with E-state index in [1.165, 1.54) is 0 Å². The summed E-state index contributed by atoms with van der Waals surface area (Å²) < 4.78 is 1.88. The molecule has 1 atom stereocenters. The summed E-state index contributed by atoms with van der Waals surface area (Å²) in [5, 5.41) is 4.71. The second kappa shape index (κ2) is 4.63. The Bertz CT molecular complexity index is 836. The fraction of sp³-hybridized carbons (Fsp3) is 0.167. The number of amidine groups is 1. The van der Waals surface area contributed by atoms with E-state index >= 15 is 0 Å². The largest absolute Gasteiger partial charge is 0.341 e. The molecule has 1 amide bonds. The van der Waals surface area contributed by atoms with Crippen LogP contribution < -0.4 is 0 Å². The Morgan fingerprint density at radius 3 is 2.50 bits per heavy atom. The minimum absolute atomic E-state index is 0.0210. The summed E-state index contributed by atoms with van der Waals surface area (Å²) in [6.45, 7) is 2.02. The smallest absolute Gasteiger partial charge is 0.241 e. The topological polar surface area (TPSA) is 35.7 Å². The van der Waals surface area contributed by atoms with E-state index in [4.69, 9.17) is 5.10 Å². The van der Waals surface area contributed by atoms with Gasteiger partial charge in [-0.2, -0.15) is 4.90 Å². The fourth-order valence-corrected chi connectivity index (χ4v) is 3.26. The lowest BCUT2D eigenvalue weighted by Gasteiger charge is -2.24. The van der Waals surface area contributed by atoms with Gasteiger partial charge >= 0.3 is 5.91 Å². The first-order valence-corrected chi connectivity index (χ1v) is 7.32. The van der Waals surface area contributed by atoms with Gasteiger partial charge in [0.1, 0.15) is 5.92 Å². The molecule has 2 aliphatic rings. The summed E-state index contributed by atoms with van der Waals surface area (Å²) in [6, 6.07) is 17.7. The molecule has 108 valence electrons. The lowest BCUT2D eigenvalue weighted by molar-refractivity contribution is -0.447. The molecule has 1 unspecified atom stereocenters. The Morgan fingerprint density at radius 1 is 1.05 bits per heavy atom. The van der Waals surface area contributed by atoms with Crippen molar-refractivity contribution in [1.29, 1.82) is 0 Å². The molecule has 22 heavy (non-hydrogen) atoms. The molecule has 2 aromatic carbocycles. The fourth-order valence-electron chi connectivity index (χ4n) is 3.26. The molecule has 4 nitrogen and oxygen atoms in total. The number of benzene rings is 2. The Hall–Kier alpha value is -2.75. The van der Waals surface area contributed by atoms with Crippen LogP contribution in [0.1, 0.15) is 28.8 Å². The molecule has 4 heteroatoms. The van der Waals surface area contributed by atoms with Crippen molar-refractivity contribution in [3.05, 3.63) is 65.7 Å². The van der Waals surface area contributed by atoms with Gasteiger partial charge in [0.15, 0.2) is 5.69 Å². The van der Waals surface area contributed by atoms with E-state index in [2.05, 4.69) is 0 Å². The lowest BCUT2D eigenvalue weighted by atomic mass is 9.86. The van der Waals surface area contributed by atoms with Crippen molar-refractivity contribution in [3.8, 4) is 0 Å². The summed E-state index contributed by atoms with van der Waals surface area (Å²) >= 11 is 0. The van der Waals surface area contributed by atoms with E-state index in [0.29, 0.717) is 0 Å². The third kappa shape index (κ3) is 1.67. The number of nitrogens with zero attached hydrogens (tertiary/aromatic N) is 3. The molecule has 0 N–H and O–H groups in total. The number of carbonyl (C=O) groups is 1. The summed E-state index contributed by atoms with van der Waals surface area (Å²) in [7, 11) is 1.82. The predicted molar refractivity (Wildman–Crippen MR) is 85.8 cm³/mol. The summed E-state index contributed by atoms with van der Waals surface area (Å²) in [4.78, 5) is 14.4. The molecule has 0 aliphatic carbocycles. The molecule has 2 aromatic rings. The monoisotopic (exact) mass is 290 g/mol. The van der Waals surface area contributed by atoms with Crippen LogP contribution in [0.3, 0.4) is 0 Å². The van der Waals surface area contributed by atoms with E-state index < -0.39 is 0 Å². The van der Waals surface area contributed by atoms with E-state index in [1.807, 2.05) is 73.3 Å². The molecule has 0 spiro atoms. The quantitative estimate of drug-likeness (QED) is 0.744. The average Bonchev–Trinajstić information content (AvgIpc) is 2.91. The van der Waals surface area contributed by atoms with Crippen LogP contribution in [0.4, 0.5) is 5.69 Å². The van der Waals surface area contributed by atoms with Gasteiger partial charge in [0.25, 0.3) is 5.84 Å². The number of hydrogen-bond donors (Lipinski definition) is 0. The first-order valence-electron chi connectivity index (χ1n) is 7.32. The van der Waals surface area contributed by atoms with Crippen LogP contribution >= 0.6 is 0 Å². The number of hydrazone groups is 1. The maximum absolute atomic E-state index is 12.7. The van der Waals surface area contributed by atoms with Crippen LogP contribution in [0.15, 0.2) is 59.7 Å². The standard InChI is InChI=1S/C18H16N3O/c1-12-16-14-10-6-7-11-15(14)18(22)20(2)17(16)21(19-12)13-8-4-3-5-9-13/h3-11,16H,1-2H3/q+1. The average molecular weight is 290 g/mol. The van der Waals surface area contributed by atoms with Crippen molar-refractivity contribution in [2.45, 2.75) is 12.8 Å². The number of hydrogen-bond acceptors (Lipinski definition) is 2. The first-order chi connectivity index (χ1) is 10.7. The molecule has 0 bridgehead atoms. The Morgan fingerprint density at radius 2 is 1.73 bits per heavy atom. The zero-order chi connectivity index (χ0) is 15.3. The molecule has 2 aliphatic heterocycles. The van der Waals surface area contributed by atoms with Gasteiger partial charge in [-0.3, -0.25) is 0 Å². The second-order valence-electron chi connectivity index (χ2n) is 5.63. The van der Waals surface area contributed by atoms with Crippen LogP contribution in [-0.4, -0.2) is 34.1 Å². The lowest BCUT2D eigenvalue weighted by Crippen LogP contribution is -2.44. The Kier molecular flexibility index (Phi) is 2.73. The SMILES string of the molecule is CC1=N[N+](c2ccccc2)=C2C1c1ccccc1C(=O)N2C. The van der Waals surface area contributed by atoms with Crippen molar-refractivity contribution in [1.82, 2.24) is 4.90 Å². The molecule has 0 fully saturated rings. The molecule has 4 rings (SSSR count). The molecule has 2 heterocycles. The Balaban J connectivity index is 1.98. The molecular formula is C18H16N3O+. The zero-order valence-electron chi connectivity index (χ0n) is 12.5. The highest BCUT2D eigenvalue weighted by Crippen LogP contribution is 2.35. The van der Waals surface area contributed by atoms with Gasteiger partial charge in [-0.25, -0.2) is 4.79 Å². The van der Waals surface area contributed by atoms with Gasteiger partial charge in [-0.15, -0.1) is 4.68 Å². The highest BCUT2D eigenvalue weighted by Gasteiger charge is 2.47. The third-order valence-electron chi connectivity index (χ3n) is 4.30. The van der Waals surface area contributed by atoms with Crippen LogP contribution in [0.5, 0.6) is 0 Å². The zero-order valence-corrected chi connectivity index (χ0v) is 12.5. The highest BCUT2D eigenvalue weighted by molar-refractivity contribution is 6.21. The normalized spacial score (nSPS) is 19.9. The van der Waals surface area contributed by atoms with Crippen molar-refractivity contribution >= 4 is 23.1 Å². The van der Waals surface area contributed by atoms with Crippen molar-refractivity contribution < 1.29 is 9.48 Å². The summed E-state index contributed by atoms with van der Waals surface area (Å²) in [5.41, 5.74) is 3.78. The van der Waals surface area contributed by atoms with Gasteiger partial charge in [0.05, 0.1) is 18.3 Å². The number of para-hydroxylation sites is 1. The third-order valence-corrected chi connectivity index (χ3v) is 4.30. The second-order valence-corrected chi connectivity index (χ2v) is 5.63. The minimum atomic E-state index is 0.0210. The molecule has 0 radical (unpaired) electrons. The van der Waals surface area contributed by atoms with Gasteiger partial charge in [-0.1, -0.05) is 41.5 Å². The summed E-state index contributed by atoms with van der Waals surface area (Å²) in [6.07, 6.45) is 0. The molecule has 0 saturated carbocycles. The van der Waals surface area contributed by atoms with Crippen LogP contribution in [0, 0.1) is 0 Å². The molecular weight excluding hydrogens is 274 g/mol. The number of fused-ring (bicyclic) bond motifs is 3. The Labute approximate surface area is 129 Å². The van der Waals surface area contributed by atoms with Crippen LogP contribution in [-0.2, 0) is 0 Å². The summed E-state index contributed by atoms with van der Waals surface area (Å²) in [5.74, 6) is 0.971. The number of likely N-dealkylation sites (N-methyl/N-ethyl adjacent to an activating group) is 1. The predicted octanol–water partition coefficient (Wildman–Crippen LogP) is 2.99. The number of carbonyl (C=O) groups excluding carboxylic acids is 1. The van der Waals surface area contributed by atoms with E-state index in [9.17, 15) is 4.79 Å². The minimum Gasteiger partial charge on any atom is -0.241 e. The van der Waals surface area contributed by atoms with Crippen molar-refractivity contribution in [2.75, 3.05) is 7.05 Å². The maximum atomic E-state index is 12.7. The van der Waals surface area contributed by atoms with Gasteiger partial charge in [0.2, 0.25) is 0 Å². The molecule has 0 aromatic heterocycles. The molecule has 0 saturated heterocycles. The number of rotatable bonds is 1. The van der Waals surface area contributed by atoms with Crippen LogP contribution in [0.2, 0.25) is 0 Å². The van der Waals surface area contributed by atoms with Crippen molar-refractivity contribution in [3.63, 3.8) is 0 Å². The highest BCUT2D eigenvalue weighted by atomic mass is 16.2. The van der Waals surface area contributed by atoms with Gasteiger partial charge in [0, 0.05) is 0 Å². The first kappa shape index (κ1) is 13.0. The van der Waals surface area contributed by atoms with Crippen LogP contribution in [0.25, 0.3) is 0 Å². The van der Waals surface area contributed by atoms with E-state index in [0.717, 1.165) is 28.4 Å². The van der Waals surface area contributed by atoms with E-state index in [1.54, 1.807) is 4.90 Å². The van der Waals surface area contributed by atoms with Gasteiger partial charge in [-0.05, 0) is 30.7 Å². The van der Waals surface area contributed by atoms with Crippen molar-refractivity contribution in [2.24, 2.45) is 5.10 Å². The van der Waals surface area contributed by atoms with E-state index in [-0.39, 0.29) is 11.8 Å². The maximum Gasteiger partial charge on any atom is 0.341 e. The van der Waals surface area contributed by atoms with Gasteiger partial charge < -0.3 is 0 Å².